The highest BCUT2D eigenvalue weighted by Gasteiger charge is 2.46. The molecule has 0 saturated heterocycles. The number of hydrogen-bond acceptors (Lipinski definition) is 2. The lowest BCUT2D eigenvalue weighted by Gasteiger charge is -2.31. The van der Waals surface area contributed by atoms with Crippen molar-refractivity contribution in [2.45, 2.75) is 57.5 Å². The average molecular weight is 294 g/mol. The molecule has 4 heteroatoms. The van der Waals surface area contributed by atoms with Crippen molar-refractivity contribution in [3.05, 3.63) is 28.8 Å². The van der Waals surface area contributed by atoms with Gasteiger partial charge in [-0.05, 0) is 39.2 Å². The zero-order valence-corrected chi connectivity index (χ0v) is 13.1. The number of methoxy groups -OCH3 is 1. The lowest BCUT2D eigenvalue weighted by molar-refractivity contribution is -0.143. The fourth-order valence-electron chi connectivity index (χ4n) is 3.51. The van der Waals surface area contributed by atoms with Crippen molar-refractivity contribution >= 4 is 5.97 Å². The molecule has 0 aromatic heterocycles. The summed E-state index contributed by atoms with van der Waals surface area (Å²) in [5.74, 6) is -0.443. The fourth-order valence-corrected chi connectivity index (χ4v) is 3.51. The molecule has 0 spiro atoms. The van der Waals surface area contributed by atoms with Crippen LogP contribution >= 0.6 is 0 Å². The first-order valence-corrected chi connectivity index (χ1v) is 7.35. The maximum atomic E-state index is 14.5. The summed E-state index contributed by atoms with van der Waals surface area (Å²) in [6.07, 6.45) is 2.90. The molecule has 1 saturated carbocycles. The maximum Gasteiger partial charge on any atom is 0.314 e. The Hall–Kier alpha value is -1.58. The minimum Gasteiger partial charge on any atom is -0.496 e. The second-order valence-corrected chi connectivity index (χ2v) is 6.41. The number of halogens is 1. The van der Waals surface area contributed by atoms with Crippen LogP contribution in [0, 0.1) is 6.92 Å². The number of aliphatic carboxylic acids is 1. The maximum absolute atomic E-state index is 14.5. The molecule has 3 nitrogen and oxygen atoms in total. The summed E-state index contributed by atoms with van der Waals surface area (Å²) in [6.45, 7) is 4.80. The molecule has 0 radical (unpaired) electrons. The number of benzene rings is 1. The number of carboxylic acids is 1. The van der Waals surface area contributed by atoms with E-state index >= 15 is 0 Å². The van der Waals surface area contributed by atoms with Gasteiger partial charge >= 0.3 is 5.97 Å². The van der Waals surface area contributed by atoms with Gasteiger partial charge in [0.15, 0.2) is 0 Å². The molecule has 0 heterocycles. The van der Waals surface area contributed by atoms with E-state index in [-0.39, 0.29) is 0 Å². The van der Waals surface area contributed by atoms with Crippen LogP contribution in [0.5, 0.6) is 5.75 Å². The number of alkyl halides is 1. The third-order valence-electron chi connectivity index (χ3n) is 4.56. The van der Waals surface area contributed by atoms with E-state index in [0.717, 1.165) is 18.4 Å². The molecule has 1 aliphatic rings. The van der Waals surface area contributed by atoms with Gasteiger partial charge in [-0.2, -0.15) is 0 Å². The lowest BCUT2D eigenvalue weighted by atomic mass is 9.74. The van der Waals surface area contributed by atoms with Crippen molar-refractivity contribution in [2.24, 2.45) is 0 Å². The Balaban J connectivity index is 2.75. The van der Waals surface area contributed by atoms with Gasteiger partial charge in [-0.25, -0.2) is 4.39 Å². The van der Waals surface area contributed by atoms with Crippen LogP contribution in [-0.2, 0) is 15.9 Å². The van der Waals surface area contributed by atoms with Gasteiger partial charge in [0.1, 0.15) is 11.4 Å². The van der Waals surface area contributed by atoms with Gasteiger partial charge < -0.3 is 9.84 Å². The van der Waals surface area contributed by atoms with Crippen molar-refractivity contribution in [3.8, 4) is 5.75 Å². The van der Waals surface area contributed by atoms with E-state index in [4.69, 9.17) is 4.74 Å². The molecule has 1 aliphatic carbocycles. The molecule has 21 heavy (non-hydrogen) atoms. The molecule has 1 aromatic rings. The van der Waals surface area contributed by atoms with E-state index < -0.39 is 17.1 Å². The summed E-state index contributed by atoms with van der Waals surface area (Å²) in [5.41, 5.74) is -0.608. The molecule has 0 bridgehead atoms. The smallest absolute Gasteiger partial charge is 0.314 e. The predicted octanol–water partition coefficient (Wildman–Crippen LogP) is 4.10. The second-order valence-electron chi connectivity index (χ2n) is 6.41. The van der Waals surface area contributed by atoms with Crippen molar-refractivity contribution in [1.29, 1.82) is 0 Å². The Bertz CT molecular complexity index is 552. The van der Waals surface area contributed by atoms with E-state index in [1.54, 1.807) is 12.1 Å². The molecular formula is C17H23FO3. The highest BCUT2D eigenvalue weighted by molar-refractivity contribution is 5.84. The van der Waals surface area contributed by atoms with Gasteiger partial charge in [-0.1, -0.05) is 25.0 Å². The summed E-state index contributed by atoms with van der Waals surface area (Å²) >= 11 is 0. The van der Waals surface area contributed by atoms with Crippen LogP contribution in [0.1, 0.15) is 56.2 Å². The van der Waals surface area contributed by atoms with Crippen LogP contribution in [0.15, 0.2) is 12.1 Å². The lowest BCUT2D eigenvalue weighted by Crippen LogP contribution is -2.34. The van der Waals surface area contributed by atoms with Crippen molar-refractivity contribution in [2.75, 3.05) is 7.11 Å². The van der Waals surface area contributed by atoms with Gasteiger partial charge in [0.25, 0.3) is 0 Å². The van der Waals surface area contributed by atoms with Crippen LogP contribution in [0.25, 0.3) is 0 Å². The number of hydrogen-bond donors (Lipinski definition) is 1. The van der Waals surface area contributed by atoms with Crippen molar-refractivity contribution < 1.29 is 19.0 Å². The second kappa shape index (κ2) is 5.32. The van der Waals surface area contributed by atoms with E-state index in [9.17, 15) is 14.3 Å². The van der Waals surface area contributed by atoms with Crippen LogP contribution in [0.2, 0.25) is 0 Å². The molecule has 1 N–H and O–H groups in total. The molecular weight excluding hydrogens is 271 g/mol. The highest BCUT2D eigenvalue weighted by atomic mass is 19.1. The third-order valence-corrected chi connectivity index (χ3v) is 4.56. The average Bonchev–Trinajstić information content (AvgIpc) is 2.87. The van der Waals surface area contributed by atoms with Gasteiger partial charge in [0.2, 0.25) is 0 Å². The van der Waals surface area contributed by atoms with Crippen molar-refractivity contribution in [1.82, 2.24) is 0 Å². The van der Waals surface area contributed by atoms with E-state index in [1.807, 2.05) is 6.92 Å². The first-order chi connectivity index (χ1) is 9.74. The zero-order valence-electron chi connectivity index (χ0n) is 13.1. The Morgan fingerprint density at radius 3 is 2.33 bits per heavy atom. The van der Waals surface area contributed by atoms with Crippen LogP contribution in [-0.4, -0.2) is 18.2 Å². The molecule has 0 unspecified atom stereocenters. The van der Waals surface area contributed by atoms with Gasteiger partial charge in [-0.3, -0.25) is 4.79 Å². The number of aryl methyl sites for hydroxylation is 1. The van der Waals surface area contributed by atoms with E-state index in [1.165, 1.54) is 21.0 Å². The molecule has 116 valence electrons. The number of carbonyl (C=O) groups is 1. The van der Waals surface area contributed by atoms with Gasteiger partial charge in [0.05, 0.1) is 12.5 Å². The van der Waals surface area contributed by atoms with Crippen LogP contribution < -0.4 is 4.74 Å². The highest BCUT2D eigenvalue weighted by Crippen LogP contribution is 2.49. The summed E-state index contributed by atoms with van der Waals surface area (Å²) in [5, 5.41) is 9.81. The van der Waals surface area contributed by atoms with Gasteiger partial charge in [-0.15, -0.1) is 0 Å². The first kappa shape index (κ1) is 15.8. The van der Waals surface area contributed by atoms with E-state index in [0.29, 0.717) is 29.7 Å². The van der Waals surface area contributed by atoms with Crippen molar-refractivity contribution in [3.63, 3.8) is 0 Å². The number of rotatable bonds is 4. The third kappa shape index (κ3) is 2.52. The first-order valence-electron chi connectivity index (χ1n) is 7.35. The van der Waals surface area contributed by atoms with Gasteiger partial charge in [0, 0.05) is 11.1 Å². The Labute approximate surface area is 125 Å². The zero-order chi connectivity index (χ0) is 15.8. The summed E-state index contributed by atoms with van der Waals surface area (Å²) < 4.78 is 19.9. The summed E-state index contributed by atoms with van der Waals surface area (Å²) in [6, 6.07) is 3.50. The SMILES string of the molecule is COc1c(C(C)(C)F)ccc(C)c1C1(C(=O)O)CCCC1. The molecule has 0 aliphatic heterocycles. The topological polar surface area (TPSA) is 46.5 Å². The normalized spacial score (nSPS) is 17.8. The minimum absolute atomic E-state index is 0.395. The quantitative estimate of drug-likeness (QED) is 0.909. The number of ether oxygens (including phenoxy) is 1. The molecule has 0 atom stereocenters. The molecule has 2 rings (SSSR count). The standard InChI is InChI=1S/C17H23FO3/c1-11-7-8-12(16(2,3)18)14(21-4)13(11)17(15(19)20)9-5-6-10-17/h7-8H,5-6,9-10H2,1-4H3,(H,19,20). The molecule has 0 amide bonds. The predicted molar refractivity (Wildman–Crippen MR) is 79.6 cm³/mol. The number of carboxylic acid groups (broad SMARTS) is 1. The largest absolute Gasteiger partial charge is 0.496 e. The monoisotopic (exact) mass is 294 g/mol. The van der Waals surface area contributed by atoms with Crippen LogP contribution in [0.4, 0.5) is 4.39 Å². The summed E-state index contributed by atoms with van der Waals surface area (Å²) in [7, 11) is 1.48. The molecule has 1 fully saturated rings. The fraction of sp³-hybridized carbons (Fsp3) is 0.588. The van der Waals surface area contributed by atoms with Crippen LogP contribution in [0.3, 0.4) is 0 Å². The van der Waals surface area contributed by atoms with E-state index in [2.05, 4.69) is 0 Å². The minimum atomic E-state index is -1.58. The molecule has 1 aromatic carbocycles. The summed E-state index contributed by atoms with van der Waals surface area (Å²) in [4.78, 5) is 12.0. The Morgan fingerprint density at radius 2 is 1.90 bits per heavy atom. The Morgan fingerprint density at radius 1 is 1.33 bits per heavy atom. The Kier molecular flexibility index (Phi) is 4.00.